The van der Waals surface area contributed by atoms with E-state index in [1.165, 1.54) is 5.56 Å². The van der Waals surface area contributed by atoms with E-state index in [0.717, 1.165) is 28.9 Å². The fourth-order valence-electron chi connectivity index (χ4n) is 3.09. The second-order valence-corrected chi connectivity index (χ2v) is 7.63. The van der Waals surface area contributed by atoms with Crippen LogP contribution in [0.2, 0.25) is 0 Å². The van der Waals surface area contributed by atoms with Crippen molar-refractivity contribution in [2.75, 3.05) is 13.2 Å². The van der Waals surface area contributed by atoms with Gasteiger partial charge in [0.15, 0.2) is 0 Å². The summed E-state index contributed by atoms with van der Waals surface area (Å²) in [5, 5.41) is 16.6. The average molecular weight is 381 g/mol. The van der Waals surface area contributed by atoms with Crippen molar-refractivity contribution >= 4 is 17.2 Å². The number of nitrogens with zero attached hydrogens (tertiary/aromatic N) is 1. The molecule has 1 unspecified atom stereocenters. The van der Waals surface area contributed by atoms with Crippen molar-refractivity contribution in [3.63, 3.8) is 0 Å². The normalized spacial score (nSPS) is 12.0. The van der Waals surface area contributed by atoms with Crippen LogP contribution in [-0.2, 0) is 6.42 Å². The lowest BCUT2D eigenvalue weighted by Gasteiger charge is -2.15. The largest absolute Gasteiger partial charge is 0.396 e. The van der Waals surface area contributed by atoms with E-state index in [9.17, 15) is 9.90 Å². The molecule has 0 bridgehead atoms. The van der Waals surface area contributed by atoms with Gasteiger partial charge < -0.3 is 10.4 Å². The summed E-state index contributed by atoms with van der Waals surface area (Å²) in [7, 11) is 0. The van der Waals surface area contributed by atoms with Gasteiger partial charge in [-0.3, -0.25) is 9.78 Å². The van der Waals surface area contributed by atoms with Gasteiger partial charge in [-0.25, -0.2) is 0 Å². The quantitative estimate of drug-likeness (QED) is 0.651. The van der Waals surface area contributed by atoms with Crippen LogP contribution in [0.25, 0.3) is 11.3 Å². The number of aromatic nitrogens is 1. The van der Waals surface area contributed by atoms with E-state index in [2.05, 4.69) is 21.7 Å². The van der Waals surface area contributed by atoms with Crippen LogP contribution in [0.15, 0.2) is 53.2 Å². The van der Waals surface area contributed by atoms with Gasteiger partial charge >= 0.3 is 0 Å². The number of aliphatic hydroxyl groups excluding tert-OH is 1. The minimum absolute atomic E-state index is 0.00724. The molecule has 5 heteroatoms. The van der Waals surface area contributed by atoms with Crippen molar-refractivity contribution in [1.82, 2.24) is 10.3 Å². The zero-order chi connectivity index (χ0) is 19.2. The first-order chi connectivity index (χ1) is 13.0. The first-order valence-corrected chi connectivity index (χ1v) is 9.95. The Kier molecular flexibility index (Phi) is 6.37. The van der Waals surface area contributed by atoms with Crippen molar-refractivity contribution in [3.8, 4) is 11.3 Å². The number of rotatable bonds is 7. The van der Waals surface area contributed by atoms with Crippen LogP contribution < -0.4 is 5.32 Å². The van der Waals surface area contributed by atoms with Gasteiger partial charge in [0, 0.05) is 35.9 Å². The second-order valence-electron chi connectivity index (χ2n) is 6.85. The van der Waals surface area contributed by atoms with E-state index < -0.39 is 0 Å². The third-order valence-corrected chi connectivity index (χ3v) is 5.16. The van der Waals surface area contributed by atoms with Gasteiger partial charge in [-0.1, -0.05) is 12.1 Å². The maximum atomic E-state index is 12.6. The monoisotopic (exact) mass is 380 g/mol. The zero-order valence-electron chi connectivity index (χ0n) is 15.6. The van der Waals surface area contributed by atoms with Gasteiger partial charge in [-0.05, 0) is 72.5 Å². The lowest BCUT2D eigenvalue weighted by atomic mass is 10.0. The van der Waals surface area contributed by atoms with E-state index in [1.54, 1.807) is 17.4 Å². The third kappa shape index (κ3) is 5.25. The molecule has 1 atom stereocenters. The topological polar surface area (TPSA) is 62.2 Å². The Morgan fingerprint density at radius 3 is 2.78 bits per heavy atom. The highest BCUT2D eigenvalue weighted by atomic mass is 32.1. The van der Waals surface area contributed by atoms with E-state index >= 15 is 0 Å². The Bertz CT molecular complexity index is 886. The number of carbonyl (C=O) groups excluding carboxylic acids is 1. The van der Waals surface area contributed by atoms with Crippen LogP contribution in [0.5, 0.6) is 0 Å². The smallest absolute Gasteiger partial charge is 0.251 e. The predicted molar refractivity (Wildman–Crippen MR) is 110 cm³/mol. The summed E-state index contributed by atoms with van der Waals surface area (Å²) in [6.07, 6.45) is 0.757. The molecular weight excluding hydrogens is 356 g/mol. The van der Waals surface area contributed by atoms with Gasteiger partial charge in [-0.15, -0.1) is 0 Å². The van der Waals surface area contributed by atoms with Crippen LogP contribution >= 0.6 is 11.3 Å². The molecule has 1 amide bonds. The van der Waals surface area contributed by atoms with Crippen LogP contribution in [0.3, 0.4) is 0 Å². The van der Waals surface area contributed by atoms with Crippen molar-refractivity contribution in [2.45, 2.75) is 20.3 Å². The molecule has 140 valence electrons. The van der Waals surface area contributed by atoms with Crippen molar-refractivity contribution in [1.29, 1.82) is 0 Å². The summed E-state index contributed by atoms with van der Waals surface area (Å²) < 4.78 is 0. The van der Waals surface area contributed by atoms with E-state index in [-0.39, 0.29) is 18.4 Å². The molecule has 4 nitrogen and oxygen atoms in total. The number of pyridine rings is 1. The SMILES string of the molecule is Cc1cc(C)nc(-c2cccc(C(=O)NCC(CO)Cc3ccsc3)c2)c1. The second kappa shape index (κ2) is 8.93. The summed E-state index contributed by atoms with van der Waals surface area (Å²) in [5.74, 6) is -0.127. The summed E-state index contributed by atoms with van der Waals surface area (Å²) in [6, 6.07) is 13.6. The molecule has 0 aliphatic carbocycles. The van der Waals surface area contributed by atoms with Crippen molar-refractivity contribution in [2.24, 2.45) is 5.92 Å². The Morgan fingerprint density at radius 2 is 2.07 bits per heavy atom. The minimum atomic E-state index is -0.134. The number of hydrogen-bond donors (Lipinski definition) is 2. The molecule has 27 heavy (non-hydrogen) atoms. The molecule has 3 rings (SSSR count). The Labute approximate surface area is 163 Å². The van der Waals surface area contributed by atoms with Crippen LogP contribution in [0.1, 0.15) is 27.2 Å². The molecule has 0 aliphatic heterocycles. The highest BCUT2D eigenvalue weighted by Gasteiger charge is 2.13. The van der Waals surface area contributed by atoms with Gasteiger partial charge in [0.05, 0.1) is 5.69 Å². The zero-order valence-corrected chi connectivity index (χ0v) is 16.4. The van der Waals surface area contributed by atoms with Crippen molar-refractivity contribution in [3.05, 3.63) is 75.6 Å². The summed E-state index contributed by atoms with van der Waals surface area (Å²) in [4.78, 5) is 17.1. The van der Waals surface area contributed by atoms with Gasteiger partial charge in [0.1, 0.15) is 0 Å². The van der Waals surface area contributed by atoms with E-state index in [1.807, 2.05) is 49.6 Å². The molecule has 2 aromatic heterocycles. The number of carbonyl (C=O) groups is 1. The van der Waals surface area contributed by atoms with Crippen molar-refractivity contribution < 1.29 is 9.90 Å². The lowest BCUT2D eigenvalue weighted by molar-refractivity contribution is 0.0940. The first-order valence-electron chi connectivity index (χ1n) is 9.01. The number of aliphatic hydroxyl groups is 1. The van der Waals surface area contributed by atoms with Crippen LogP contribution in [0, 0.1) is 19.8 Å². The maximum Gasteiger partial charge on any atom is 0.251 e. The molecule has 0 saturated heterocycles. The number of nitrogens with one attached hydrogen (secondary N) is 1. The molecule has 0 spiro atoms. The molecule has 2 heterocycles. The predicted octanol–water partition coefficient (Wildman–Crippen LogP) is 4.01. The van der Waals surface area contributed by atoms with Gasteiger partial charge in [0.25, 0.3) is 5.91 Å². The summed E-state index contributed by atoms with van der Waals surface area (Å²) in [5.41, 5.74) is 5.68. The molecule has 0 aliphatic rings. The highest BCUT2D eigenvalue weighted by Crippen LogP contribution is 2.20. The fraction of sp³-hybridized carbons (Fsp3) is 0.273. The molecule has 3 aromatic rings. The standard InChI is InChI=1S/C22H24N2O2S/c1-15-8-16(2)24-21(9-15)19-4-3-5-20(11-19)22(26)23-12-18(13-25)10-17-6-7-27-14-17/h3-9,11,14,18,25H,10,12-13H2,1-2H3,(H,23,26). The lowest BCUT2D eigenvalue weighted by Crippen LogP contribution is -2.31. The third-order valence-electron chi connectivity index (χ3n) is 4.43. The first kappa shape index (κ1) is 19.3. The summed E-state index contributed by atoms with van der Waals surface area (Å²) in [6.45, 7) is 4.49. The summed E-state index contributed by atoms with van der Waals surface area (Å²) >= 11 is 1.64. The van der Waals surface area contributed by atoms with Crippen LogP contribution in [-0.4, -0.2) is 29.1 Å². The number of aryl methyl sites for hydroxylation is 2. The molecule has 2 N–H and O–H groups in total. The Balaban J connectivity index is 1.68. The molecule has 0 fully saturated rings. The van der Waals surface area contributed by atoms with Gasteiger partial charge in [-0.2, -0.15) is 11.3 Å². The highest BCUT2D eigenvalue weighted by molar-refractivity contribution is 7.07. The Morgan fingerprint density at radius 1 is 1.22 bits per heavy atom. The van der Waals surface area contributed by atoms with Gasteiger partial charge in [0.2, 0.25) is 0 Å². The molecule has 1 aromatic carbocycles. The fourth-order valence-corrected chi connectivity index (χ4v) is 3.77. The molecule has 0 saturated carbocycles. The maximum absolute atomic E-state index is 12.6. The average Bonchev–Trinajstić information content (AvgIpc) is 3.17. The number of thiophene rings is 1. The number of benzene rings is 1. The van der Waals surface area contributed by atoms with E-state index in [4.69, 9.17) is 0 Å². The van der Waals surface area contributed by atoms with Crippen LogP contribution in [0.4, 0.5) is 0 Å². The number of hydrogen-bond acceptors (Lipinski definition) is 4. The number of amides is 1. The molecular formula is C22H24N2O2S. The molecule has 0 radical (unpaired) electrons. The Hall–Kier alpha value is -2.50. The van der Waals surface area contributed by atoms with E-state index in [0.29, 0.717) is 12.1 Å². The minimum Gasteiger partial charge on any atom is -0.396 e.